The van der Waals surface area contributed by atoms with Crippen LogP contribution in [-0.2, 0) is 18.5 Å². The van der Waals surface area contributed by atoms with E-state index in [2.05, 4.69) is 0 Å². The molecule has 0 amide bonds. The van der Waals surface area contributed by atoms with Gasteiger partial charge in [0.05, 0.1) is 12.4 Å². The van der Waals surface area contributed by atoms with Crippen molar-refractivity contribution in [2.75, 3.05) is 32.7 Å². The lowest BCUT2D eigenvalue weighted by Gasteiger charge is -2.22. The van der Waals surface area contributed by atoms with Crippen LogP contribution in [0.15, 0.2) is 0 Å². The van der Waals surface area contributed by atoms with Crippen molar-refractivity contribution in [3.8, 4) is 0 Å². The SMILES string of the molecule is COCCCOCC(C)(C)CS(=O)(=O)Cl. The number of ether oxygens (including phenoxy) is 2. The van der Waals surface area contributed by atoms with Crippen LogP contribution in [-0.4, -0.2) is 41.1 Å². The third kappa shape index (κ3) is 10.4. The van der Waals surface area contributed by atoms with Gasteiger partial charge in [0.15, 0.2) is 0 Å². The zero-order valence-corrected chi connectivity index (χ0v) is 11.0. The summed E-state index contributed by atoms with van der Waals surface area (Å²) in [4.78, 5) is 0. The van der Waals surface area contributed by atoms with E-state index in [1.165, 1.54) is 0 Å². The molecule has 0 saturated carbocycles. The number of methoxy groups -OCH3 is 1. The zero-order chi connectivity index (χ0) is 11.9. The summed E-state index contributed by atoms with van der Waals surface area (Å²) in [6.07, 6.45) is 0.806. The average Bonchev–Trinajstić information content (AvgIpc) is 1.99. The average molecular weight is 259 g/mol. The van der Waals surface area contributed by atoms with E-state index >= 15 is 0 Å². The fourth-order valence-electron chi connectivity index (χ4n) is 1.16. The first-order valence-electron chi connectivity index (χ1n) is 4.76. The Morgan fingerprint density at radius 2 is 1.87 bits per heavy atom. The van der Waals surface area contributed by atoms with Crippen molar-refractivity contribution in [3.63, 3.8) is 0 Å². The molecule has 15 heavy (non-hydrogen) atoms. The zero-order valence-electron chi connectivity index (χ0n) is 9.45. The molecule has 0 unspecified atom stereocenters. The first kappa shape index (κ1) is 15.2. The predicted octanol–water partition coefficient (Wildman–Crippen LogP) is 1.63. The van der Waals surface area contributed by atoms with Gasteiger partial charge in [0.2, 0.25) is 9.05 Å². The Bertz CT molecular complexity index is 261. The minimum Gasteiger partial charge on any atom is -0.385 e. The number of halogens is 1. The molecule has 0 radical (unpaired) electrons. The standard InChI is InChI=1S/C9H19ClO4S/c1-9(2,8-15(10,11)12)7-14-6-4-5-13-3/h4-8H2,1-3H3. The van der Waals surface area contributed by atoms with Gasteiger partial charge in [0.1, 0.15) is 0 Å². The maximum atomic E-state index is 10.9. The van der Waals surface area contributed by atoms with Crippen molar-refractivity contribution >= 4 is 19.7 Å². The molecule has 0 spiro atoms. The fraction of sp³-hybridized carbons (Fsp3) is 1.00. The number of hydrogen-bond acceptors (Lipinski definition) is 4. The highest BCUT2D eigenvalue weighted by atomic mass is 35.7. The monoisotopic (exact) mass is 258 g/mol. The topological polar surface area (TPSA) is 52.6 Å². The molecule has 0 atom stereocenters. The molecule has 0 aromatic carbocycles. The molecule has 0 fully saturated rings. The largest absolute Gasteiger partial charge is 0.385 e. The van der Waals surface area contributed by atoms with Crippen LogP contribution in [0, 0.1) is 5.41 Å². The van der Waals surface area contributed by atoms with Crippen LogP contribution in [0.5, 0.6) is 0 Å². The molecule has 0 aromatic rings. The normalized spacial score (nSPS) is 13.1. The molecular weight excluding hydrogens is 240 g/mol. The summed E-state index contributed by atoms with van der Waals surface area (Å²) in [5.74, 6) is -0.0775. The maximum Gasteiger partial charge on any atom is 0.233 e. The molecule has 0 saturated heterocycles. The van der Waals surface area contributed by atoms with Crippen LogP contribution in [0.3, 0.4) is 0 Å². The van der Waals surface area contributed by atoms with Crippen molar-refractivity contribution < 1.29 is 17.9 Å². The van der Waals surface area contributed by atoms with Gasteiger partial charge in [-0.15, -0.1) is 0 Å². The van der Waals surface area contributed by atoms with E-state index in [4.69, 9.17) is 20.2 Å². The Morgan fingerprint density at radius 1 is 1.27 bits per heavy atom. The van der Waals surface area contributed by atoms with E-state index in [0.717, 1.165) is 6.42 Å². The minimum atomic E-state index is -3.46. The van der Waals surface area contributed by atoms with Crippen LogP contribution in [0.25, 0.3) is 0 Å². The Hall–Kier alpha value is 0.160. The molecule has 0 rings (SSSR count). The molecule has 92 valence electrons. The van der Waals surface area contributed by atoms with Crippen molar-refractivity contribution in [2.24, 2.45) is 5.41 Å². The van der Waals surface area contributed by atoms with Gasteiger partial charge in [-0.2, -0.15) is 0 Å². The third-order valence-corrected chi connectivity index (χ3v) is 3.15. The highest BCUT2D eigenvalue weighted by Gasteiger charge is 2.25. The second kappa shape index (κ2) is 6.68. The molecular formula is C9H19ClO4S. The van der Waals surface area contributed by atoms with E-state index in [-0.39, 0.29) is 5.75 Å². The first-order chi connectivity index (χ1) is 6.77. The minimum absolute atomic E-state index is 0.0775. The van der Waals surface area contributed by atoms with Gasteiger partial charge >= 0.3 is 0 Å². The first-order valence-corrected chi connectivity index (χ1v) is 7.24. The van der Waals surface area contributed by atoms with E-state index < -0.39 is 14.5 Å². The predicted molar refractivity (Wildman–Crippen MR) is 60.7 cm³/mol. The molecule has 0 bridgehead atoms. The Balaban J connectivity index is 3.75. The summed E-state index contributed by atoms with van der Waals surface area (Å²) in [5, 5.41) is 0. The van der Waals surface area contributed by atoms with Gasteiger partial charge in [-0.05, 0) is 6.42 Å². The molecule has 6 heteroatoms. The molecule has 0 aromatic heterocycles. The highest BCUT2D eigenvalue weighted by molar-refractivity contribution is 8.13. The van der Waals surface area contributed by atoms with Crippen LogP contribution >= 0.6 is 10.7 Å². The second-order valence-corrected chi connectivity index (χ2v) is 7.02. The fourth-order valence-corrected chi connectivity index (χ4v) is 3.07. The second-order valence-electron chi connectivity index (χ2n) is 4.25. The Labute approximate surface area is 96.3 Å². The quantitative estimate of drug-likeness (QED) is 0.491. The van der Waals surface area contributed by atoms with Gasteiger partial charge in [-0.1, -0.05) is 13.8 Å². The van der Waals surface area contributed by atoms with Crippen LogP contribution in [0.4, 0.5) is 0 Å². The summed E-state index contributed by atoms with van der Waals surface area (Å²) in [6, 6.07) is 0. The number of rotatable bonds is 8. The van der Waals surface area contributed by atoms with Crippen molar-refractivity contribution in [1.82, 2.24) is 0 Å². The molecule has 0 heterocycles. The van der Waals surface area contributed by atoms with Gasteiger partial charge < -0.3 is 9.47 Å². The molecule has 4 nitrogen and oxygen atoms in total. The molecule has 0 aliphatic rings. The van der Waals surface area contributed by atoms with E-state index in [9.17, 15) is 8.42 Å². The maximum absolute atomic E-state index is 10.9. The Kier molecular flexibility index (Phi) is 6.75. The Morgan fingerprint density at radius 3 is 2.33 bits per heavy atom. The van der Waals surface area contributed by atoms with E-state index in [0.29, 0.717) is 19.8 Å². The molecule has 0 aliphatic carbocycles. The van der Waals surface area contributed by atoms with Crippen molar-refractivity contribution in [2.45, 2.75) is 20.3 Å². The van der Waals surface area contributed by atoms with Gasteiger partial charge in [0.25, 0.3) is 0 Å². The lowest BCUT2D eigenvalue weighted by molar-refractivity contribution is 0.0577. The molecule has 0 N–H and O–H groups in total. The van der Waals surface area contributed by atoms with Gasteiger partial charge in [0, 0.05) is 36.4 Å². The summed E-state index contributed by atoms with van der Waals surface area (Å²) in [6.45, 7) is 5.21. The summed E-state index contributed by atoms with van der Waals surface area (Å²) >= 11 is 0. The summed E-state index contributed by atoms with van der Waals surface area (Å²) < 4.78 is 31.9. The van der Waals surface area contributed by atoms with Crippen molar-refractivity contribution in [1.29, 1.82) is 0 Å². The van der Waals surface area contributed by atoms with Crippen molar-refractivity contribution in [3.05, 3.63) is 0 Å². The lowest BCUT2D eigenvalue weighted by atomic mass is 9.98. The van der Waals surface area contributed by atoms with Gasteiger partial charge in [-0.3, -0.25) is 0 Å². The van der Waals surface area contributed by atoms with Crippen LogP contribution in [0.1, 0.15) is 20.3 Å². The van der Waals surface area contributed by atoms with E-state index in [1.807, 2.05) is 13.8 Å². The number of hydrogen-bond donors (Lipinski definition) is 0. The van der Waals surface area contributed by atoms with E-state index in [1.54, 1.807) is 7.11 Å². The highest BCUT2D eigenvalue weighted by Crippen LogP contribution is 2.20. The molecule has 0 aliphatic heterocycles. The summed E-state index contributed by atoms with van der Waals surface area (Å²) in [5.41, 5.74) is -0.451. The summed E-state index contributed by atoms with van der Waals surface area (Å²) in [7, 11) is 3.34. The lowest BCUT2D eigenvalue weighted by Crippen LogP contribution is -2.27. The van der Waals surface area contributed by atoms with Gasteiger partial charge in [-0.25, -0.2) is 8.42 Å². The third-order valence-electron chi connectivity index (χ3n) is 1.69. The van der Waals surface area contributed by atoms with Crippen LogP contribution in [0.2, 0.25) is 0 Å². The van der Waals surface area contributed by atoms with Crippen LogP contribution < -0.4 is 0 Å². The smallest absolute Gasteiger partial charge is 0.233 e.